The number of anilines is 1. The van der Waals surface area contributed by atoms with Crippen LogP contribution in [0, 0.1) is 0 Å². The molecule has 0 spiro atoms. The monoisotopic (exact) mass is 489 g/mol. The molecule has 2 unspecified atom stereocenters. The number of aliphatic hydroxyl groups is 3. The fraction of sp³-hybridized carbons (Fsp3) is 0.280. The minimum atomic E-state index is -1.30. The molecule has 36 heavy (non-hydrogen) atoms. The van der Waals surface area contributed by atoms with E-state index in [1.54, 1.807) is 0 Å². The largest absolute Gasteiger partial charge is 0.448 e. The summed E-state index contributed by atoms with van der Waals surface area (Å²) in [6, 6.07) is 16.1. The normalized spacial score (nSPS) is 23.0. The Balaban J connectivity index is 1.19. The molecule has 0 bridgehead atoms. The van der Waals surface area contributed by atoms with Crippen LogP contribution < -0.4 is 5.32 Å². The van der Waals surface area contributed by atoms with Crippen LogP contribution in [0.2, 0.25) is 0 Å². The zero-order chi connectivity index (χ0) is 24.8. The lowest BCUT2D eigenvalue weighted by Gasteiger charge is -2.16. The second-order valence-corrected chi connectivity index (χ2v) is 8.73. The SMILES string of the molecule is O=C(Nc1ncnc2c1ncn2[C@@H]1O[C@H](CO)C(O)C1O)OCC1c2ccccc2-c2ccccc21. The molecule has 1 aliphatic heterocycles. The maximum atomic E-state index is 12.7. The summed E-state index contributed by atoms with van der Waals surface area (Å²) in [7, 11) is 0. The Morgan fingerprint density at radius 3 is 2.36 bits per heavy atom. The van der Waals surface area contributed by atoms with E-state index in [9.17, 15) is 20.1 Å². The molecule has 11 heteroatoms. The first-order valence-corrected chi connectivity index (χ1v) is 11.5. The van der Waals surface area contributed by atoms with Crippen LogP contribution in [-0.2, 0) is 9.47 Å². The minimum Gasteiger partial charge on any atom is -0.448 e. The Bertz CT molecular complexity index is 1400. The first-order valence-electron chi connectivity index (χ1n) is 11.5. The van der Waals surface area contributed by atoms with Gasteiger partial charge >= 0.3 is 6.09 Å². The van der Waals surface area contributed by atoms with Crippen LogP contribution in [0.1, 0.15) is 23.3 Å². The van der Waals surface area contributed by atoms with Crippen LogP contribution in [-0.4, -0.2) is 72.5 Å². The summed E-state index contributed by atoms with van der Waals surface area (Å²) in [6.07, 6.45) is -2.61. The molecule has 4 atom stereocenters. The predicted octanol–water partition coefficient (Wildman–Crippen LogP) is 1.80. The molecule has 1 amide bonds. The van der Waals surface area contributed by atoms with Crippen molar-refractivity contribution in [3.63, 3.8) is 0 Å². The van der Waals surface area contributed by atoms with E-state index in [-0.39, 0.29) is 29.5 Å². The van der Waals surface area contributed by atoms with Gasteiger partial charge in [0.2, 0.25) is 0 Å². The zero-order valence-corrected chi connectivity index (χ0v) is 18.9. The van der Waals surface area contributed by atoms with E-state index >= 15 is 0 Å². The maximum absolute atomic E-state index is 12.7. The van der Waals surface area contributed by atoms with Crippen molar-refractivity contribution in [2.45, 2.75) is 30.5 Å². The number of aliphatic hydroxyl groups excluding tert-OH is 3. The second-order valence-electron chi connectivity index (χ2n) is 8.73. The van der Waals surface area contributed by atoms with Gasteiger partial charge in [0.25, 0.3) is 0 Å². The van der Waals surface area contributed by atoms with Gasteiger partial charge in [0.05, 0.1) is 12.9 Å². The van der Waals surface area contributed by atoms with Gasteiger partial charge < -0.3 is 24.8 Å². The number of ether oxygens (including phenoxy) is 2. The van der Waals surface area contributed by atoms with Crippen LogP contribution in [0.3, 0.4) is 0 Å². The number of nitrogens with one attached hydrogen (secondary N) is 1. The van der Waals surface area contributed by atoms with E-state index in [0.29, 0.717) is 0 Å². The quantitative estimate of drug-likeness (QED) is 0.329. The maximum Gasteiger partial charge on any atom is 0.412 e. The molecule has 3 heterocycles. The standard InChI is InChI=1S/C25H23N5O6/c31-9-18-20(32)21(33)24(36-18)30-12-28-19-22(26-11-27-23(19)30)29-25(34)35-10-17-15-7-3-1-5-13(15)14-6-2-4-8-16(14)17/h1-8,11-12,17-18,20-21,24,31-33H,9-10H2,(H,26,27,29,34)/t18-,20?,21?,24-/m1/s1. The predicted molar refractivity (Wildman–Crippen MR) is 127 cm³/mol. The highest BCUT2D eigenvalue weighted by Gasteiger charge is 2.44. The van der Waals surface area contributed by atoms with E-state index in [2.05, 4.69) is 32.4 Å². The fourth-order valence-corrected chi connectivity index (χ4v) is 4.97. The first kappa shape index (κ1) is 22.6. The molecule has 4 N–H and O–H groups in total. The van der Waals surface area contributed by atoms with E-state index in [1.165, 1.54) is 17.2 Å². The van der Waals surface area contributed by atoms with Crippen LogP contribution in [0.25, 0.3) is 22.3 Å². The summed E-state index contributed by atoms with van der Waals surface area (Å²) in [4.78, 5) is 25.3. The molecule has 6 rings (SSSR count). The van der Waals surface area contributed by atoms with Gasteiger partial charge in [0, 0.05) is 5.92 Å². The lowest BCUT2D eigenvalue weighted by Crippen LogP contribution is -2.33. The molecule has 0 saturated carbocycles. The molecule has 2 aromatic heterocycles. The van der Waals surface area contributed by atoms with Crippen molar-refractivity contribution in [1.82, 2.24) is 19.5 Å². The highest BCUT2D eigenvalue weighted by Crippen LogP contribution is 2.44. The number of imidazole rings is 1. The molecule has 184 valence electrons. The number of rotatable bonds is 5. The van der Waals surface area contributed by atoms with Gasteiger partial charge in [-0.05, 0) is 22.3 Å². The first-order chi connectivity index (χ1) is 17.6. The van der Waals surface area contributed by atoms with Crippen molar-refractivity contribution in [3.05, 3.63) is 72.3 Å². The molecular weight excluding hydrogens is 466 g/mol. The van der Waals surface area contributed by atoms with Gasteiger partial charge in [-0.3, -0.25) is 9.88 Å². The number of aromatic nitrogens is 4. The Kier molecular flexibility index (Phi) is 5.61. The number of amides is 1. The van der Waals surface area contributed by atoms with Gasteiger partial charge in [0.15, 0.2) is 23.2 Å². The number of hydrogen-bond acceptors (Lipinski definition) is 9. The molecule has 1 saturated heterocycles. The molecule has 1 fully saturated rings. The summed E-state index contributed by atoms with van der Waals surface area (Å²) >= 11 is 0. The van der Waals surface area contributed by atoms with Crippen LogP contribution >= 0.6 is 0 Å². The van der Waals surface area contributed by atoms with Crippen molar-refractivity contribution in [1.29, 1.82) is 0 Å². The van der Waals surface area contributed by atoms with Crippen molar-refractivity contribution in [2.75, 3.05) is 18.5 Å². The van der Waals surface area contributed by atoms with Gasteiger partial charge in [-0.15, -0.1) is 0 Å². The average Bonchev–Trinajstić information content (AvgIpc) is 3.56. The number of hydrogen-bond donors (Lipinski definition) is 4. The van der Waals surface area contributed by atoms with E-state index in [4.69, 9.17) is 9.47 Å². The van der Waals surface area contributed by atoms with Crippen LogP contribution in [0.5, 0.6) is 0 Å². The molecule has 2 aromatic carbocycles. The molecule has 1 aliphatic carbocycles. The number of carbonyl (C=O) groups excluding carboxylic acids is 1. The lowest BCUT2D eigenvalue weighted by molar-refractivity contribution is -0.0511. The van der Waals surface area contributed by atoms with E-state index in [0.717, 1.165) is 22.3 Å². The molecule has 0 radical (unpaired) electrons. The van der Waals surface area contributed by atoms with Gasteiger partial charge in [-0.2, -0.15) is 0 Å². The van der Waals surface area contributed by atoms with Crippen molar-refractivity contribution in [3.8, 4) is 11.1 Å². The Morgan fingerprint density at radius 2 is 1.69 bits per heavy atom. The average molecular weight is 489 g/mol. The summed E-state index contributed by atoms with van der Waals surface area (Å²) < 4.78 is 12.6. The van der Waals surface area contributed by atoms with Crippen molar-refractivity contribution in [2.24, 2.45) is 0 Å². The third-order valence-corrected chi connectivity index (χ3v) is 6.71. The smallest absolute Gasteiger partial charge is 0.412 e. The summed E-state index contributed by atoms with van der Waals surface area (Å²) in [5.41, 5.74) is 5.00. The number of carbonyl (C=O) groups is 1. The Morgan fingerprint density at radius 1 is 1.00 bits per heavy atom. The van der Waals surface area contributed by atoms with Gasteiger partial charge in [0.1, 0.15) is 31.2 Å². The molecule has 11 nitrogen and oxygen atoms in total. The van der Waals surface area contributed by atoms with Crippen molar-refractivity contribution < 1.29 is 29.6 Å². The summed E-state index contributed by atoms with van der Waals surface area (Å²) in [5.74, 6) is 0.0439. The van der Waals surface area contributed by atoms with Crippen molar-refractivity contribution >= 4 is 23.1 Å². The Labute approximate surface area is 205 Å². The molecule has 4 aromatic rings. The van der Waals surface area contributed by atoms with Gasteiger partial charge in [-0.25, -0.2) is 19.7 Å². The summed E-state index contributed by atoms with van der Waals surface area (Å²) in [6.45, 7) is -0.310. The minimum absolute atomic E-state index is 0.0836. The topological polar surface area (TPSA) is 152 Å². The zero-order valence-electron chi connectivity index (χ0n) is 18.9. The molecular formula is C25H23N5O6. The molecule has 2 aliphatic rings. The van der Waals surface area contributed by atoms with Crippen LogP contribution in [0.15, 0.2) is 61.2 Å². The second kappa shape index (κ2) is 8.95. The lowest BCUT2D eigenvalue weighted by atomic mass is 9.98. The number of benzene rings is 2. The Hall–Kier alpha value is -3.90. The highest BCUT2D eigenvalue weighted by atomic mass is 16.6. The number of nitrogens with zero attached hydrogens (tertiary/aromatic N) is 4. The van der Waals surface area contributed by atoms with Crippen LogP contribution in [0.4, 0.5) is 10.6 Å². The number of fused-ring (bicyclic) bond motifs is 4. The fourth-order valence-electron chi connectivity index (χ4n) is 4.97. The van der Waals surface area contributed by atoms with E-state index < -0.39 is 37.2 Å². The third kappa shape index (κ3) is 3.60. The van der Waals surface area contributed by atoms with Gasteiger partial charge in [-0.1, -0.05) is 48.5 Å². The van der Waals surface area contributed by atoms with E-state index in [1.807, 2.05) is 36.4 Å². The third-order valence-electron chi connectivity index (χ3n) is 6.71. The summed E-state index contributed by atoms with van der Waals surface area (Å²) in [5, 5.41) is 32.4. The highest BCUT2D eigenvalue weighted by molar-refractivity contribution is 5.93.